The highest BCUT2D eigenvalue weighted by Crippen LogP contribution is 2.38. The summed E-state index contributed by atoms with van der Waals surface area (Å²) >= 11 is 2.15. The lowest BCUT2D eigenvalue weighted by atomic mass is 9.77. The van der Waals surface area contributed by atoms with Crippen molar-refractivity contribution in [2.24, 2.45) is 11.8 Å². The molecule has 0 amide bonds. The van der Waals surface area contributed by atoms with Crippen LogP contribution in [0.15, 0.2) is 0 Å². The van der Waals surface area contributed by atoms with Crippen molar-refractivity contribution >= 4 is 11.8 Å². The second-order valence-electron chi connectivity index (χ2n) is 5.27. The average Bonchev–Trinajstić information content (AvgIpc) is 2.76. The van der Waals surface area contributed by atoms with E-state index in [-0.39, 0.29) is 0 Å². The van der Waals surface area contributed by atoms with E-state index in [4.69, 9.17) is 0 Å². The van der Waals surface area contributed by atoms with E-state index in [1.54, 1.807) is 0 Å². The van der Waals surface area contributed by atoms with Crippen LogP contribution in [0.2, 0.25) is 0 Å². The van der Waals surface area contributed by atoms with Gasteiger partial charge in [-0.3, -0.25) is 0 Å². The fourth-order valence-corrected chi connectivity index (χ4v) is 4.28. The van der Waals surface area contributed by atoms with Crippen molar-refractivity contribution in [1.29, 1.82) is 0 Å². The first-order chi connectivity index (χ1) is 6.73. The number of thioether (sulfide) groups is 1. The van der Waals surface area contributed by atoms with E-state index in [2.05, 4.69) is 30.9 Å². The summed E-state index contributed by atoms with van der Waals surface area (Å²) in [6, 6.07) is 0. The van der Waals surface area contributed by atoms with Crippen LogP contribution in [0.25, 0.3) is 0 Å². The zero-order valence-corrected chi connectivity index (χ0v) is 10.3. The summed E-state index contributed by atoms with van der Waals surface area (Å²) in [4.78, 5) is 0. The zero-order chi connectivity index (χ0) is 10.0. The van der Waals surface area contributed by atoms with Gasteiger partial charge in [0.05, 0.1) is 0 Å². The van der Waals surface area contributed by atoms with Gasteiger partial charge in [0.1, 0.15) is 0 Å². The van der Waals surface area contributed by atoms with E-state index in [1.165, 1.54) is 43.7 Å². The van der Waals surface area contributed by atoms with E-state index in [0.717, 1.165) is 11.8 Å². The largest absolute Gasteiger partial charge is 0.311 e. The van der Waals surface area contributed by atoms with Crippen LogP contribution in [0.4, 0.5) is 0 Å². The molecule has 2 atom stereocenters. The summed E-state index contributed by atoms with van der Waals surface area (Å²) in [5.41, 5.74) is 0.496. The summed E-state index contributed by atoms with van der Waals surface area (Å²) in [6.45, 7) is 6.03. The molecule has 1 N–H and O–H groups in total. The maximum atomic E-state index is 3.79. The molecule has 14 heavy (non-hydrogen) atoms. The Labute approximate surface area is 92.4 Å². The van der Waals surface area contributed by atoms with Gasteiger partial charge in [-0.1, -0.05) is 13.8 Å². The van der Waals surface area contributed by atoms with E-state index in [9.17, 15) is 0 Å². The summed E-state index contributed by atoms with van der Waals surface area (Å²) in [5, 5.41) is 3.79. The molecule has 2 saturated heterocycles. The molecule has 0 aromatic rings. The number of rotatable bonds is 3. The van der Waals surface area contributed by atoms with Crippen LogP contribution in [0.5, 0.6) is 0 Å². The van der Waals surface area contributed by atoms with Crippen molar-refractivity contribution in [3.8, 4) is 0 Å². The highest BCUT2D eigenvalue weighted by Gasteiger charge is 2.38. The van der Waals surface area contributed by atoms with Gasteiger partial charge in [0.25, 0.3) is 0 Å². The lowest BCUT2D eigenvalue weighted by molar-refractivity contribution is 0.219. The molecule has 0 aromatic carbocycles. The smallest absolute Gasteiger partial charge is 0.0207 e. The van der Waals surface area contributed by atoms with Crippen molar-refractivity contribution < 1.29 is 0 Å². The predicted molar refractivity (Wildman–Crippen MR) is 64.9 cm³/mol. The standard InChI is InChI=1S/C12H23NS/c1-10(2)12(5-3-6-13-12)8-11-4-7-14-9-11/h10-11,13H,3-9H2,1-2H3. The molecule has 2 heteroatoms. The molecule has 2 heterocycles. The Kier molecular flexibility index (Phi) is 3.43. The number of nitrogens with one attached hydrogen (secondary N) is 1. The van der Waals surface area contributed by atoms with Crippen molar-refractivity contribution in [2.75, 3.05) is 18.1 Å². The Morgan fingerprint density at radius 2 is 2.36 bits per heavy atom. The Bertz CT molecular complexity index is 179. The van der Waals surface area contributed by atoms with Crippen LogP contribution >= 0.6 is 11.8 Å². The molecule has 2 fully saturated rings. The van der Waals surface area contributed by atoms with Crippen LogP contribution in [-0.2, 0) is 0 Å². The van der Waals surface area contributed by atoms with Gasteiger partial charge in [0.15, 0.2) is 0 Å². The molecule has 0 saturated carbocycles. The molecule has 2 rings (SSSR count). The Morgan fingerprint density at radius 1 is 1.50 bits per heavy atom. The maximum Gasteiger partial charge on any atom is 0.0207 e. The lowest BCUT2D eigenvalue weighted by Crippen LogP contribution is -2.46. The van der Waals surface area contributed by atoms with E-state index in [0.29, 0.717) is 5.54 Å². The predicted octanol–water partition coefficient (Wildman–Crippen LogP) is 2.91. The average molecular weight is 213 g/mol. The summed E-state index contributed by atoms with van der Waals surface area (Å²) in [7, 11) is 0. The molecule has 0 aromatic heterocycles. The first kappa shape index (κ1) is 10.8. The lowest BCUT2D eigenvalue weighted by Gasteiger charge is -2.36. The summed E-state index contributed by atoms with van der Waals surface area (Å²) in [6.07, 6.45) is 5.68. The van der Waals surface area contributed by atoms with Gasteiger partial charge in [0, 0.05) is 5.54 Å². The first-order valence-electron chi connectivity index (χ1n) is 6.06. The van der Waals surface area contributed by atoms with Gasteiger partial charge in [-0.2, -0.15) is 11.8 Å². The minimum Gasteiger partial charge on any atom is -0.311 e. The van der Waals surface area contributed by atoms with Gasteiger partial charge in [-0.25, -0.2) is 0 Å². The molecule has 0 radical (unpaired) electrons. The van der Waals surface area contributed by atoms with Crippen LogP contribution in [0, 0.1) is 11.8 Å². The molecule has 0 aliphatic carbocycles. The molecule has 0 bridgehead atoms. The fourth-order valence-electron chi connectivity index (χ4n) is 2.99. The Morgan fingerprint density at radius 3 is 2.86 bits per heavy atom. The van der Waals surface area contributed by atoms with Gasteiger partial charge in [-0.15, -0.1) is 0 Å². The molecule has 82 valence electrons. The fraction of sp³-hybridized carbons (Fsp3) is 1.00. The van der Waals surface area contributed by atoms with E-state index >= 15 is 0 Å². The second-order valence-corrected chi connectivity index (χ2v) is 6.42. The molecular weight excluding hydrogens is 190 g/mol. The quantitative estimate of drug-likeness (QED) is 0.773. The topological polar surface area (TPSA) is 12.0 Å². The molecular formula is C12H23NS. The SMILES string of the molecule is CC(C)C1(CC2CCSC2)CCCN1. The first-order valence-corrected chi connectivity index (χ1v) is 7.21. The van der Waals surface area contributed by atoms with Gasteiger partial charge in [-0.05, 0) is 55.6 Å². The van der Waals surface area contributed by atoms with Crippen molar-refractivity contribution in [2.45, 2.75) is 45.1 Å². The van der Waals surface area contributed by atoms with Crippen molar-refractivity contribution in [3.63, 3.8) is 0 Å². The molecule has 0 spiro atoms. The Hall–Kier alpha value is 0.310. The normalized spacial score (nSPS) is 38.4. The van der Waals surface area contributed by atoms with Crippen LogP contribution < -0.4 is 5.32 Å². The third-order valence-electron chi connectivity index (χ3n) is 4.06. The molecule has 1 nitrogen and oxygen atoms in total. The van der Waals surface area contributed by atoms with Gasteiger partial charge < -0.3 is 5.32 Å². The second kappa shape index (κ2) is 4.44. The van der Waals surface area contributed by atoms with Crippen LogP contribution in [-0.4, -0.2) is 23.6 Å². The molecule has 2 aliphatic rings. The van der Waals surface area contributed by atoms with Crippen LogP contribution in [0.3, 0.4) is 0 Å². The molecule has 2 aliphatic heterocycles. The number of hydrogen-bond donors (Lipinski definition) is 1. The highest BCUT2D eigenvalue weighted by atomic mass is 32.2. The van der Waals surface area contributed by atoms with E-state index < -0.39 is 0 Å². The van der Waals surface area contributed by atoms with Crippen molar-refractivity contribution in [3.05, 3.63) is 0 Å². The molecule has 2 unspecified atom stereocenters. The van der Waals surface area contributed by atoms with Crippen molar-refractivity contribution in [1.82, 2.24) is 5.32 Å². The van der Waals surface area contributed by atoms with Gasteiger partial charge >= 0.3 is 0 Å². The highest BCUT2D eigenvalue weighted by molar-refractivity contribution is 7.99. The third-order valence-corrected chi connectivity index (χ3v) is 5.29. The minimum absolute atomic E-state index is 0.496. The summed E-state index contributed by atoms with van der Waals surface area (Å²) < 4.78 is 0. The van der Waals surface area contributed by atoms with E-state index in [1.807, 2.05) is 0 Å². The summed E-state index contributed by atoms with van der Waals surface area (Å²) in [5.74, 6) is 4.61. The van der Waals surface area contributed by atoms with Gasteiger partial charge in [0.2, 0.25) is 0 Å². The van der Waals surface area contributed by atoms with Crippen LogP contribution in [0.1, 0.15) is 39.5 Å². The maximum absolute atomic E-state index is 3.79. The minimum atomic E-state index is 0.496. The Balaban J connectivity index is 1.96. The monoisotopic (exact) mass is 213 g/mol. The third kappa shape index (κ3) is 2.11. The number of hydrogen-bond acceptors (Lipinski definition) is 2. The zero-order valence-electron chi connectivity index (χ0n) is 9.51.